The van der Waals surface area contributed by atoms with E-state index in [1.165, 1.54) is 11.3 Å². The molecule has 2 heterocycles. The number of ether oxygens (including phenoxy) is 2. The summed E-state index contributed by atoms with van der Waals surface area (Å²) in [7, 11) is 0. The summed E-state index contributed by atoms with van der Waals surface area (Å²) in [6, 6.07) is 6.77. The zero-order valence-corrected chi connectivity index (χ0v) is 12.2. The van der Waals surface area contributed by atoms with Crippen molar-refractivity contribution in [1.29, 1.82) is 0 Å². The van der Waals surface area contributed by atoms with Crippen LogP contribution in [0, 0.1) is 6.92 Å². The number of aryl methyl sites for hydroxylation is 1. The molecule has 2 aliphatic heterocycles. The molecular formula is C16H24N2O2. The molecule has 1 atom stereocenters. The number of piperidine rings is 1. The fourth-order valence-corrected chi connectivity index (χ4v) is 2.99. The largest absolute Gasteiger partial charge is 0.488 e. The number of rotatable bonds is 3. The molecule has 2 fully saturated rings. The molecule has 0 amide bonds. The van der Waals surface area contributed by atoms with Crippen molar-refractivity contribution >= 4 is 5.69 Å². The van der Waals surface area contributed by atoms with Gasteiger partial charge < -0.3 is 20.1 Å². The number of benzene rings is 1. The van der Waals surface area contributed by atoms with Crippen molar-refractivity contribution in [2.24, 2.45) is 5.73 Å². The van der Waals surface area contributed by atoms with Crippen LogP contribution in [0.1, 0.15) is 24.8 Å². The highest BCUT2D eigenvalue weighted by atomic mass is 16.5. The van der Waals surface area contributed by atoms with Crippen LogP contribution in [0.15, 0.2) is 18.2 Å². The quantitative estimate of drug-likeness (QED) is 0.918. The van der Waals surface area contributed by atoms with Gasteiger partial charge in [0.25, 0.3) is 0 Å². The molecule has 0 saturated carbocycles. The molecule has 0 aromatic heterocycles. The molecule has 1 aromatic carbocycles. The topological polar surface area (TPSA) is 47.7 Å². The molecule has 1 aromatic rings. The molecular weight excluding hydrogens is 252 g/mol. The highest BCUT2D eigenvalue weighted by Gasteiger charge is 2.20. The summed E-state index contributed by atoms with van der Waals surface area (Å²) in [6.45, 7) is 5.79. The third-order valence-electron chi connectivity index (χ3n) is 4.24. The Morgan fingerprint density at radius 3 is 2.70 bits per heavy atom. The number of nitrogens with two attached hydrogens (primary N) is 1. The number of nitrogens with zero attached hydrogens (tertiary/aromatic N) is 1. The highest BCUT2D eigenvalue weighted by molar-refractivity contribution is 5.56. The second kappa shape index (κ2) is 6.02. The van der Waals surface area contributed by atoms with E-state index in [1.54, 1.807) is 0 Å². The molecule has 0 bridgehead atoms. The van der Waals surface area contributed by atoms with Crippen molar-refractivity contribution in [3.05, 3.63) is 23.8 Å². The summed E-state index contributed by atoms with van der Waals surface area (Å²) in [5.74, 6) is 0.954. The first-order valence-electron chi connectivity index (χ1n) is 7.58. The van der Waals surface area contributed by atoms with Gasteiger partial charge in [0.2, 0.25) is 0 Å². The van der Waals surface area contributed by atoms with Gasteiger partial charge in [0, 0.05) is 31.2 Å². The van der Waals surface area contributed by atoms with E-state index in [4.69, 9.17) is 15.2 Å². The number of hydrogen-bond acceptors (Lipinski definition) is 4. The van der Waals surface area contributed by atoms with Crippen molar-refractivity contribution in [3.8, 4) is 5.75 Å². The van der Waals surface area contributed by atoms with Crippen LogP contribution in [0.3, 0.4) is 0 Å². The Morgan fingerprint density at radius 2 is 2.05 bits per heavy atom. The second-order valence-corrected chi connectivity index (χ2v) is 5.88. The summed E-state index contributed by atoms with van der Waals surface area (Å²) < 4.78 is 11.3. The van der Waals surface area contributed by atoms with Gasteiger partial charge in [-0.05, 0) is 43.5 Å². The number of anilines is 1. The van der Waals surface area contributed by atoms with Crippen LogP contribution in [0.5, 0.6) is 5.75 Å². The lowest BCUT2D eigenvalue weighted by atomic mass is 10.0. The van der Waals surface area contributed by atoms with Crippen molar-refractivity contribution in [1.82, 2.24) is 0 Å². The molecule has 4 nitrogen and oxygen atoms in total. The Hall–Kier alpha value is -1.26. The van der Waals surface area contributed by atoms with Crippen LogP contribution in [-0.2, 0) is 4.74 Å². The molecule has 2 saturated heterocycles. The Kier molecular flexibility index (Phi) is 4.13. The molecule has 1 unspecified atom stereocenters. The zero-order valence-electron chi connectivity index (χ0n) is 12.2. The van der Waals surface area contributed by atoms with Gasteiger partial charge in [-0.1, -0.05) is 0 Å². The maximum atomic E-state index is 5.97. The van der Waals surface area contributed by atoms with Crippen LogP contribution in [0.4, 0.5) is 5.69 Å². The van der Waals surface area contributed by atoms with E-state index >= 15 is 0 Å². The summed E-state index contributed by atoms with van der Waals surface area (Å²) in [5.41, 5.74) is 8.56. The van der Waals surface area contributed by atoms with Gasteiger partial charge in [0.05, 0.1) is 13.2 Å². The van der Waals surface area contributed by atoms with Gasteiger partial charge in [-0.2, -0.15) is 0 Å². The van der Waals surface area contributed by atoms with Crippen LogP contribution >= 0.6 is 0 Å². The van der Waals surface area contributed by atoms with Crippen LogP contribution in [-0.4, -0.2) is 38.4 Å². The molecule has 0 aliphatic carbocycles. The van der Waals surface area contributed by atoms with Crippen LogP contribution in [0.25, 0.3) is 0 Å². The smallest absolute Gasteiger partial charge is 0.124 e. The first kappa shape index (κ1) is 13.7. The normalized spacial score (nSPS) is 24.1. The first-order chi connectivity index (χ1) is 9.72. The summed E-state index contributed by atoms with van der Waals surface area (Å²) in [6.07, 6.45) is 3.37. The maximum Gasteiger partial charge on any atom is 0.124 e. The zero-order chi connectivity index (χ0) is 13.9. The van der Waals surface area contributed by atoms with E-state index in [-0.39, 0.29) is 6.10 Å². The average Bonchev–Trinajstić information content (AvgIpc) is 2.93. The molecule has 110 valence electrons. The van der Waals surface area contributed by atoms with Gasteiger partial charge in [0.15, 0.2) is 0 Å². The second-order valence-electron chi connectivity index (χ2n) is 5.88. The highest BCUT2D eigenvalue weighted by Crippen LogP contribution is 2.28. The molecule has 20 heavy (non-hydrogen) atoms. The van der Waals surface area contributed by atoms with Crippen LogP contribution in [0.2, 0.25) is 0 Å². The van der Waals surface area contributed by atoms with E-state index in [0.717, 1.165) is 44.7 Å². The van der Waals surface area contributed by atoms with Crippen molar-refractivity contribution in [3.63, 3.8) is 0 Å². The molecule has 0 radical (unpaired) electrons. The fourth-order valence-electron chi connectivity index (χ4n) is 2.99. The lowest BCUT2D eigenvalue weighted by molar-refractivity contribution is 0.141. The van der Waals surface area contributed by atoms with E-state index < -0.39 is 0 Å². The minimum atomic E-state index is 0.216. The number of hydrogen-bond donors (Lipinski definition) is 1. The van der Waals surface area contributed by atoms with E-state index in [1.807, 2.05) is 0 Å². The SMILES string of the molecule is Cc1cc(OC2CCOC2)ccc1N1CCC(N)CC1. The first-order valence-corrected chi connectivity index (χ1v) is 7.58. The molecule has 2 aliphatic rings. The van der Waals surface area contributed by atoms with E-state index in [0.29, 0.717) is 12.6 Å². The Morgan fingerprint density at radius 1 is 1.25 bits per heavy atom. The predicted molar refractivity (Wildman–Crippen MR) is 80.5 cm³/mol. The van der Waals surface area contributed by atoms with Gasteiger partial charge in [0.1, 0.15) is 11.9 Å². The van der Waals surface area contributed by atoms with Crippen LogP contribution < -0.4 is 15.4 Å². The minimum absolute atomic E-state index is 0.216. The molecule has 0 spiro atoms. The standard InChI is InChI=1S/C16H24N2O2/c1-12-10-14(20-15-6-9-19-11-15)2-3-16(12)18-7-4-13(17)5-8-18/h2-3,10,13,15H,4-9,11,17H2,1H3. The lowest BCUT2D eigenvalue weighted by Crippen LogP contribution is -2.39. The minimum Gasteiger partial charge on any atom is -0.488 e. The molecule has 4 heteroatoms. The van der Waals surface area contributed by atoms with Gasteiger partial charge in [-0.15, -0.1) is 0 Å². The Labute approximate surface area is 120 Å². The van der Waals surface area contributed by atoms with Crippen molar-refractivity contribution in [2.45, 2.75) is 38.3 Å². The predicted octanol–water partition coefficient (Wildman–Crippen LogP) is 2.09. The Balaban J connectivity index is 1.67. The van der Waals surface area contributed by atoms with Gasteiger partial charge >= 0.3 is 0 Å². The summed E-state index contributed by atoms with van der Waals surface area (Å²) >= 11 is 0. The third-order valence-corrected chi connectivity index (χ3v) is 4.24. The monoisotopic (exact) mass is 276 g/mol. The van der Waals surface area contributed by atoms with E-state index in [9.17, 15) is 0 Å². The van der Waals surface area contributed by atoms with Crippen molar-refractivity contribution < 1.29 is 9.47 Å². The summed E-state index contributed by atoms with van der Waals surface area (Å²) in [4.78, 5) is 2.43. The summed E-state index contributed by atoms with van der Waals surface area (Å²) in [5, 5.41) is 0. The van der Waals surface area contributed by atoms with Gasteiger partial charge in [-0.3, -0.25) is 0 Å². The molecule has 2 N–H and O–H groups in total. The Bertz CT molecular complexity index is 450. The van der Waals surface area contributed by atoms with Crippen molar-refractivity contribution in [2.75, 3.05) is 31.2 Å². The fraction of sp³-hybridized carbons (Fsp3) is 0.625. The molecule has 3 rings (SSSR count). The lowest BCUT2D eigenvalue weighted by Gasteiger charge is -2.33. The average molecular weight is 276 g/mol. The van der Waals surface area contributed by atoms with E-state index in [2.05, 4.69) is 30.0 Å². The third kappa shape index (κ3) is 3.07. The maximum absolute atomic E-state index is 5.97. The van der Waals surface area contributed by atoms with Gasteiger partial charge in [-0.25, -0.2) is 0 Å².